The van der Waals surface area contributed by atoms with Crippen LogP contribution in [0.1, 0.15) is 37.5 Å². The van der Waals surface area contributed by atoms with E-state index in [4.69, 9.17) is 14.2 Å². The summed E-state index contributed by atoms with van der Waals surface area (Å²) in [4.78, 5) is 51.1. The Labute approximate surface area is 201 Å². The molecule has 0 aliphatic heterocycles. The summed E-state index contributed by atoms with van der Waals surface area (Å²) < 4.78 is 16.5. The number of benzene rings is 3. The van der Waals surface area contributed by atoms with Crippen molar-refractivity contribution in [3.63, 3.8) is 0 Å². The summed E-state index contributed by atoms with van der Waals surface area (Å²) in [7, 11) is 0. The third-order valence-corrected chi connectivity index (χ3v) is 5.48. The van der Waals surface area contributed by atoms with Crippen molar-refractivity contribution in [2.45, 2.75) is 30.8 Å². The summed E-state index contributed by atoms with van der Waals surface area (Å²) in [6, 6.07) is 23.9. The molecule has 0 radical (unpaired) electrons. The molecule has 0 unspecified atom stereocenters. The molecule has 1 fully saturated rings. The van der Waals surface area contributed by atoms with Crippen LogP contribution in [0.4, 0.5) is 0 Å². The molecule has 0 amide bonds. The average molecular weight is 474 g/mol. The number of esters is 3. The summed E-state index contributed by atoms with van der Waals surface area (Å²) >= 11 is 0. The molecule has 178 valence electrons. The minimum absolute atomic E-state index is 0.168. The molecule has 3 aromatic rings. The highest BCUT2D eigenvalue weighted by molar-refractivity contribution is 5.95. The van der Waals surface area contributed by atoms with Crippen LogP contribution in [0.2, 0.25) is 0 Å². The maximum Gasteiger partial charge on any atom is 0.338 e. The van der Waals surface area contributed by atoms with Crippen molar-refractivity contribution in [1.82, 2.24) is 0 Å². The fraction of sp³-hybridized carbons (Fsp3) is 0.185. The van der Waals surface area contributed by atoms with E-state index in [1.165, 1.54) is 36.4 Å². The van der Waals surface area contributed by atoms with Crippen LogP contribution in [0, 0.1) is 0 Å². The van der Waals surface area contributed by atoms with E-state index in [1.54, 1.807) is 54.6 Å². The Bertz CT molecular complexity index is 1190. The van der Waals surface area contributed by atoms with E-state index in [-0.39, 0.29) is 16.7 Å². The molecule has 1 aliphatic carbocycles. The van der Waals surface area contributed by atoms with Crippen LogP contribution in [-0.4, -0.2) is 53.2 Å². The van der Waals surface area contributed by atoms with E-state index in [9.17, 15) is 24.3 Å². The van der Waals surface area contributed by atoms with E-state index in [1.807, 2.05) is 0 Å². The molecule has 1 saturated carbocycles. The van der Waals surface area contributed by atoms with Gasteiger partial charge in [-0.15, -0.1) is 0 Å². The molecule has 8 nitrogen and oxygen atoms in total. The normalized spacial score (nSPS) is 21.6. The molecule has 0 aromatic heterocycles. The number of aliphatic hydroxyl groups excluding tert-OH is 1. The van der Waals surface area contributed by atoms with Gasteiger partial charge in [0.15, 0.2) is 18.0 Å². The summed E-state index contributed by atoms with van der Waals surface area (Å²) in [6.45, 7) is 0. The van der Waals surface area contributed by atoms with E-state index in [0.717, 1.165) is 0 Å². The van der Waals surface area contributed by atoms with Gasteiger partial charge in [-0.25, -0.2) is 14.4 Å². The molecule has 3 aromatic carbocycles. The monoisotopic (exact) mass is 474 g/mol. The summed E-state index contributed by atoms with van der Waals surface area (Å²) in [5.41, 5.74) is 0.543. The van der Waals surface area contributed by atoms with Crippen LogP contribution in [-0.2, 0) is 19.0 Å². The second-order valence-corrected chi connectivity index (χ2v) is 7.90. The highest BCUT2D eigenvalue weighted by Gasteiger charge is 2.50. The van der Waals surface area contributed by atoms with Gasteiger partial charge in [-0.3, -0.25) is 4.79 Å². The number of ether oxygens (including phenoxy) is 3. The molecular weight excluding hydrogens is 452 g/mol. The third kappa shape index (κ3) is 5.62. The molecule has 0 bridgehead atoms. The van der Waals surface area contributed by atoms with Crippen molar-refractivity contribution in [2.75, 3.05) is 0 Å². The Kier molecular flexibility index (Phi) is 7.32. The lowest BCUT2D eigenvalue weighted by Gasteiger charge is -2.38. The number of ketones is 1. The van der Waals surface area contributed by atoms with Crippen molar-refractivity contribution in [3.8, 4) is 0 Å². The van der Waals surface area contributed by atoms with Crippen molar-refractivity contribution < 1.29 is 38.5 Å². The van der Waals surface area contributed by atoms with Crippen LogP contribution in [0.3, 0.4) is 0 Å². The number of rotatable bonds is 6. The predicted molar refractivity (Wildman–Crippen MR) is 123 cm³/mol. The molecular formula is C27H22O8. The lowest BCUT2D eigenvalue weighted by atomic mass is 9.87. The Morgan fingerprint density at radius 2 is 0.971 bits per heavy atom. The minimum atomic E-state index is -1.59. The second kappa shape index (κ2) is 10.8. The first-order valence-electron chi connectivity index (χ1n) is 10.9. The topological polar surface area (TPSA) is 116 Å². The number of hydrogen-bond acceptors (Lipinski definition) is 8. The smallest absolute Gasteiger partial charge is 0.338 e. The van der Waals surface area contributed by atoms with Gasteiger partial charge in [-0.1, -0.05) is 54.6 Å². The van der Waals surface area contributed by atoms with Gasteiger partial charge < -0.3 is 19.3 Å². The number of carbonyl (C=O) groups excluding carboxylic acids is 4. The van der Waals surface area contributed by atoms with Gasteiger partial charge in [0.25, 0.3) is 0 Å². The van der Waals surface area contributed by atoms with Crippen molar-refractivity contribution in [3.05, 3.63) is 108 Å². The quantitative estimate of drug-likeness (QED) is 0.428. The van der Waals surface area contributed by atoms with E-state index < -0.39 is 54.5 Å². The number of aliphatic hydroxyl groups is 1. The zero-order chi connectivity index (χ0) is 24.8. The number of hydrogen-bond donors (Lipinski definition) is 1. The molecule has 0 heterocycles. The Morgan fingerprint density at radius 1 is 0.600 bits per heavy atom. The van der Waals surface area contributed by atoms with Crippen LogP contribution < -0.4 is 0 Å². The molecule has 4 atom stereocenters. The van der Waals surface area contributed by atoms with Crippen LogP contribution in [0.5, 0.6) is 0 Å². The van der Waals surface area contributed by atoms with Crippen molar-refractivity contribution in [1.29, 1.82) is 0 Å². The maximum atomic E-state index is 12.8. The molecule has 0 saturated heterocycles. The number of Topliss-reactive ketones (excluding diaryl/α,β-unsaturated/α-hetero) is 1. The Hall–Kier alpha value is -4.30. The molecule has 35 heavy (non-hydrogen) atoms. The van der Waals surface area contributed by atoms with E-state index >= 15 is 0 Å². The Balaban J connectivity index is 1.64. The van der Waals surface area contributed by atoms with E-state index in [0.29, 0.717) is 0 Å². The second-order valence-electron chi connectivity index (χ2n) is 7.90. The molecule has 0 spiro atoms. The lowest BCUT2D eigenvalue weighted by molar-refractivity contribution is -0.165. The van der Waals surface area contributed by atoms with Crippen molar-refractivity contribution >= 4 is 23.7 Å². The van der Waals surface area contributed by atoms with Crippen LogP contribution >= 0.6 is 0 Å². The fourth-order valence-corrected chi connectivity index (χ4v) is 3.71. The largest absolute Gasteiger partial charge is 0.452 e. The van der Waals surface area contributed by atoms with Gasteiger partial charge in [0.05, 0.1) is 16.7 Å². The molecule has 1 N–H and O–H groups in total. The average Bonchev–Trinajstić information content (AvgIpc) is 2.89. The first-order chi connectivity index (χ1) is 16.9. The predicted octanol–water partition coefficient (Wildman–Crippen LogP) is 3.00. The highest BCUT2D eigenvalue weighted by Crippen LogP contribution is 2.28. The minimum Gasteiger partial charge on any atom is -0.452 e. The number of carbonyl (C=O) groups is 4. The SMILES string of the molecule is O=C(O[C@@H]1[C@H](OC(=O)c2ccccc2)[C@@H](O)CC(=O)[C@H]1OC(=O)c1ccccc1)c1ccccc1. The van der Waals surface area contributed by atoms with E-state index in [2.05, 4.69) is 0 Å². The van der Waals surface area contributed by atoms with Crippen molar-refractivity contribution in [2.24, 2.45) is 0 Å². The van der Waals surface area contributed by atoms with Gasteiger partial charge >= 0.3 is 17.9 Å². The zero-order valence-corrected chi connectivity index (χ0v) is 18.5. The highest BCUT2D eigenvalue weighted by atomic mass is 16.6. The summed E-state index contributed by atoms with van der Waals surface area (Å²) in [6.07, 6.45) is -6.55. The Morgan fingerprint density at radius 3 is 1.40 bits per heavy atom. The fourth-order valence-electron chi connectivity index (χ4n) is 3.71. The maximum absolute atomic E-state index is 12.8. The summed E-state index contributed by atoms with van der Waals surface area (Å²) in [5.74, 6) is -3.12. The van der Waals surface area contributed by atoms with Gasteiger partial charge in [0, 0.05) is 6.42 Å². The first-order valence-corrected chi connectivity index (χ1v) is 10.9. The standard InChI is InChI=1S/C27H22O8/c28-20-16-21(29)23(34-26(31)18-12-6-2-7-13-18)24(35-27(32)19-14-8-3-9-15-19)22(20)33-25(30)17-10-4-1-5-11-17/h1-15,20,22-24,28H,16H2/t20-,22+,23+,24+/m0/s1. The third-order valence-electron chi connectivity index (χ3n) is 5.48. The lowest BCUT2D eigenvalue weighted by Crippen LogP contribution is -2.58. The van der Waals surface area contributed by atoms with Crippen LogP contribution in [0.15, 0.2) is 91.0 Å². The first kappa shape index (κ1) is 23.8. The van der Waals surface area contributed by atoms with Gasteiger partial charge in [0.2, 0.25) is 6.10 Å². The molecule has 1 aliphatic rings. The molecule has 4 rings (SSSR count). The van der Waals surface area contributed by atoms with Gasteiger partial charge in [0.1, 0.15) is 6.10 Å². The van der Waals surface area contributed by atoms with Gasteiger partial charge in [-0.05, 0) is 36.4 Å². The van der Waals surface area contributed by atoms with Gasteiger partial charge in [-0.2, -0.15) is 0 Å². The zero-order valence-electron chi connectivity index (χ0n) is 18.5. The summed E-state index contributed by atoms with van der Waals surface area (Å²) in [5, 5.41) is 10.6. The molecule has 8 heteroatoms. The van der Waals surface area contributed by atoms with Crippen LogP contribution in [0.25, 0.3) is 0 Å².